The average molecular weight is 462 g/mol. The van der Waals surface area contributed by atoms with E-state index in [9.17, 15) is 8.42 Å². The predicted octanol–water partition coefficient (Wildman–Crippen LogP) is 2.43. The van der Waals surface area contributed by atoms with Gasteiger partial charge in [0, 0.05) is 31.8 Å². The van der Waals surface area contributed by atoms with Crippen molar-refractivity contribution in [3.63, 3.8) is 0 Å². The number of sulfone groups is 1. The minimum Gasteiger partial charge on any atom is -0.478 e. The molecular formula is C22H31N5O4S. The maximum atomic E-state index is 11.7. The van der Waals surface area contributed by atoms with Gasteiger partial charge < -0.3 is 19.9 Å². The van der Waals surface area contributed by atoms with Crippen LogP contribution in [0.3, 0.4) is 0 Å². The molecule has 3 aliphatic rings. The van der Waals surface area contributed by atoms with Crippen LogP contribution in [-0.4, -0.2) is 49.1 Å². The van der Waals surface area contributed by atoms with Gasteiger partial charge in [0.05, 0.1) is 11.5 Å². The van der Waals surface area contributed by atoms with Crippen molar-refractivity contribution in [3.05, 3.63) is 24.2 Å². The van der Waals surface area contributed by atoms with Crippen LogP contribution in [0.25, 0.3) is 0 Å². The van der Waals surface area contributed by atoms with Gasteiger partial charge in [0.1, 0.15) is 5.88 Å². The van der Waals surface area contributed by atoms with E-state index in [1.54, 1.807) is 6.07 Å². The largest absolute Gasteiger partial charge is 0.478 e. The second-order valence-corrected chi connectivity index (χ2v) is 11.4. The molecule has 1 aliphatic heterocycles. The van der Waals surface area contributed by atoms with Crippen LogP contribution in [0.15, 0.2) is 27.7 Å². The zero-order valence-electron chi connectivity index (χ0n) is 18.2. The topological polar surface area (TPSA) is 124 Å². The van der Waals surface area contributed by atoms with Gasteiger partial charge in [-0.25, -0.2) is 13.4 Å². The molecule has 5 rings (SSSR count). The molecule has 0 radical (unpaired) electrons. The third-order valence-electron chi connectivity index (χ3n) is 7.05. The molecule has 2 saturated carbocycles. The Labute approximate surface area is 188 Å². The lowest BCUT2D eigenvalue weighted by molar-refractivity contribution is 0.275. The third-order valence-corrected chi connectivity index (χ3v) is 8.45. The number of hydrogen-bond acceptors (Lipinski definition) is 9. The van der Waals surface area contributed by atoms with E-state index in [0.29, 0.717) is 18.4 Å². The molecular weight excluding hydrogens is 430 g/mol. The van der Waals surface area contributed by atoms with Crippen LogP contribution >= 0.6 is 0 Å². The summed E-state index contributed by atoms with van der Waals surface area (Å²) < 4.78 is 34.6. The minimum absolute atomic E-state index is 0.126. The van der Waals surface area contributed by atoms with Crippen molar-refractivity contribution in [2.45, 2.75) is 49.8 Å². The summed E-state index contributed by atoms with van der Waals surface area (Å²) in [4.78, 5) is 11.1. The van der Waals surface area contributed by atoms with Crippen molar-refractivity contribution < 1.29 is 17.7 Å². The van der Waals surface area contributed by atoms with E-state index in [4.69, 9.17) is 15.0 Å². The molecule has 0 aromatic carbocycles. The van der Waals surface area contributed by atoms with Crippen molar-refractivity contribution in [2.75, 3.05) is 30.5 Å². The number of nitrogens with two attached hydrogens (primary N) is 1. The number of hydrogen-bond donors (Lipinski definition) is 1. The van der Waals surface area contributed by atoms with Crippen LogP contribution in [0.1, 0.15) is 44.4 Å². The summed E-state index contributed by atoms with van der Waals surface area (Å²) in [5.74, 6) is 4.58. The van der Waals surface area contributed by atoms with Gasteiger partial charge in [-0.1, -0.05) is 0 Å². The van der Waals surface area contributed by atoms with Gasteiger partial charge in [-0.2, -0.15) is 4.98 Å². The van der Waals surface area contributed by atoms with Gasteiger partial charge in [-0.05, 0) is 73.4 Å². The second kappa shape index (κ2) is 8.97. The summed E-state index contributed by atoms with van der Waals surface area (Å²) in [6.45, 7) is 2.59. The fraction of sp³-hybridized carbons (Fsp3) is 0.682. The van der Waals surface area contributed by atoms with Crippen molar-refractivity contribution in [2.24, 2.45) is 29.4 Å². The molecule has 3 heterocycles. The highest BCUT2D eigenvalue weighted by atomic mass is 32.2. The molecule has 10 heteroatoms. The van der Waals surface area contributed by atoms with Crippen LogP contribution in [0.4, 0.5) is 5.95 Å². The number of ether oxygens (including phenoxy) is 1. The highest BCUT2D eigenvalue weighted by Crippen LogP contribution is 2.49. The Morgan fingerprint density at radius 2 is 2.00 bits per heavy atom. The van der Waals surface area contributed by atoms with Gasteiger partial charge in [0.2, 0.25) is 11.8 Å². The monoisotopic (exact) mass is 461 g/mol. The summed E-state index contributed by atoms with van der Waals surface area (Å²) in [6.07, 6.45) is 9.44. The van der Waals surface area contributed by atoms with Crippen molar-refractivity contribution in [1.29, 1.82) is 0 Å². The number of aromatic nitrogens is 3. The van der Waals surface area contributed by atoms with Crippen LogP contribution in [-0.2, 0) is 16.3 Å². The van der Waals surface area contributed by atoms with Gasteiger partial charge >= 0.3 is 0 Å². The number of nitrogens with zero attached hydrogens (tertiary/aromatic N) is 4. The van der Waals surface area contributed by atoms with Crippen LogP contribution < -0.4 is 15.4 Å². The Bertz CT molecular complexity index is 1010. The van der Waals surface area contributed by atoms with Gasteiger partial charge in [-0.15, -0.1) is 0 Å². The second-order valence-electron chi connectivity index (χ2n) is 9.37. The van der Waals surface area contributed by atoms with E-state index >= 15 is 0 Å². The predicted molar refractivity (Wildman–Crippen MR) is 118 cm³/mol. The molecule has 2 aromatic rings. The Hall–Kier alpha value is -2.20. The maximum absolute atomic E-state index is 11.7. The van der Waals surface area contributed by atoms with Crippen LogP contribution in [0, 0.1) is 23.7 Å². The van der Waals surface area contributed by atoms with E-state index < -0.39 is 15.7 Å². The zero-order valence-corrected chi connectivity index (χ0v) is 19.0. The molecule has 32 heavy (non-hydrogen) atoms. The number of pyridine rings is 1. The van der Waals surface area contributed by atoms with E-state index in [0.717, 1.165) is 55.5 Å². The maximum Gasteiger partial charge on any atom is 0.266 e. The quantitative estimate of drug-likeness (QED) is 0.568. The zero-order chi connectivity index (χ0) is 22.1. The van der Waals surface area contributed by atoms with Gasteiger partial charge in [-0.3, -0.25) is 0 Å². The molecule has 1 saturated heterocycles. The molecule has 2 N–H and O–H groups in total. The third kappa shape index (κ3) is 5.06. The fourth-order valence-electron chi connectivity index (χ4n) is 4.78. The molecule has 174 valence electrons. The Kier molecular flexibility index (Phi) is 6.07. The lowest BCUT2D eigenvalue weighted by Gasteiger charge is -2.31. The van der Waals surface area contributed by atoms with E-state index in [-0.39, 0.29) is 4.90 Å². The SMILES string of the molecule is NCS(=O)(=O)c1ccc(OCCC2CC2C2CCN(c3noc(CC4CC4)n3)CC2)nc1. The molecule has 2 atom stereocenters. The Morgan fingerprint density at radius 3 is 2.69 bits per heavy atom. The van der Waals surface area contributed by atoms with Gasteiger partial charge in [0.25, 0.3) is 5.95 Å². The van der Waals surface area contributed by atoms with Crippen molar-refractivity contribution in [1.82, 2.24) is 15.1 Å². The average Bonchev–Trinajstić information content (AvgIpc) is 3.73. The van der Waals surface area contributed by atoms with Crippen LogP contribution in [0.2, 0.25) is 0 Å². The van der Waals surface area contributed by atoms with E-state index in [1.165, 1.54) is 44.4 Å². The molecule has 3 fully saturated rings. The summed E-state index contributed by atoms with van der Waals surface area (Å²) in [5.41, 5.74) is 5.27. The minimum atomic E-state index is -3.44. The van der Waals surface area contributed by atoms with E-state index in [1.807, 2.05) is 0 Å². The van der Waals surface area contributed by atoms with Crippen molar-refractivity contribution >= 4 is 15.8 Å². The summed E-state index contributed by atoms with van der Waals surface area (Å²) in [7, 11) is -3.44. The molecule has 2 aliphatic carbocycles. The standard InChI is InChI=1S/C22H31N5O4S/c23-14-32(28,29)18-3-4-20(24-13-18)30-10-7-17-12-19(17)16-5-8-27(9-6-16)22-25-21(31-26-22)11-15-1-2-15/h3-4,13,15-17,19H,1-2,5-12,14,23H2. The first-order chi connectivity index (χ1) is 15.5. The highest BCUT2D eigenvalue weighted by Gasteiger charge is 2.43. The molecule has 0 spiro atoms. The van der Waals surface area contributed by atoms with E-state index in [2.05, 4.69) is 20.0 Å². The highest BCUT2D eigenvalue weighted by molar-refractivity contribution is 7.91. The fourth-order valence-corrected chi connectivity index (χ4v) is 5.46. The smallest absolute Gasteiger partial charge is 0.266 e. The first-order valence-corrected chi connectivity index (χ1v) is 13.3. The lowest BCUT2D eigenvalue weighted by atomic mass is 9.90. The van der Waals surface area contributed by atoms with Gasteiger partial charge in [0.15, 0.2) is 9.84 Å². The normalized spacial score (nSPS) is 24.0. The number of anilines is 1. The summed E-state index contributed by atoms with van der Waals surface area (Å²) in [6, 6.07) is 3.09. The van der Waals surface area contributed by atoms with Crippen molar-refractivity contribution in [3.8, 4) is 5.88 Å². The lowest BCUT2D eigenvalue weighted by Crippen LogP contribution is -2.35. The first-order valence-electron chi connectivity index (χ1n) is 11.6. The summed E-state index contributed by atoms with van der Waals surface area (Å²) in [5, 5.41) is 4.19. The molecule has 0 amide bonds. The molecule has 0 bridgehead atoms. The Balaban J connectivity index is 1.02. The molecule has 2 unspecified atom stereocenters. The molecule has 2 aromatic heterocycles. The van der Waals surface area contributed by atoms with Crippen LogP contribution in [0.5, 0.6) is 5.88 Å². The Morgan fingerprint density at radius 1 is 1.19 bits per heavy atom. The molecule has 9 nitrogen and oxygen atoms in total. The number of piperidine rings is 1. The number of rotatable bonds is 10. The first kappa shape index (κ1) is 21.6. The summed E-state index contributed by atoms with van der Waals surface area (Å²) >= 11 is 0.